The van der Waals surface area contributed by atoms with Crippen molar-refractivity contribution in [3.8, 4) is 5.75 Å². The number of hydrogen-bond donors (Lipinski definition) is 2. The lowest BCUT2D eigenvalue weighted by atomic mass is 10.1. The van der Waals surface area contributed by atoms with E-state index in [4.69, 9.17) is 4.74 Å². The minimum atomic E-state index is -3.68. The van der Waals surface area contributed by atoms with Crippen LogP contribution in [0.5, 0.6) is 5.75 Å². The predicted molar refractivity (Wildman–Crippen MR) is 138 cm³/mol. The van der Waals surface area contributed by atoms with Crippen LogP contribution in [0, 0.1) is 13.8 Å². The van der Waals surface area contributed by atoms with E-state index in [9.17, 15) is 13.2 Å². The van der Waals surface area contributed by atoms with Gasteiger partial charge in [0, 0.05) is 18.7 Å². The summed E-state index contributed by atoms with van der Waals surface area (Å²) in [6.07, 6.45) is 0.283. The molecule has 4 rings (SSSR count). The fourth-order valence-corrected chi connectivity index (χ4v) is 5.25. The highest BCUT2D eigenvalue weighted by Crippen LogP contribution is 2.19. The number of anilines is 1. The molecule has 36 heavy (non-hydrogen) atoms. The Labute approximate surface area is 213 Å². The number of fused-ring (bicyclic) bond motifs is 1. The van der Waals surface area contributed by atoms with Crippen LogP contribution >= 0.6 is 11.8 Å². The van der Waals surface area contributed by atoms with Crippen molar-refractivity contribution in [3.05, 3.63) is 71.5 Å². The standard InChI is InChI=1S/C24H26N6O4S2/c1-16-12-17(2)14-18(13-16)26-23(31)15-35-24-9-8-21-27-28-22(30(21)29-24)10-11-25-36(32,33)20-6-4-19(34-3)5-7-20/h4-9,12-14,25H,10-11,15H2,1-3H3,(H,26,31). The van der Waals surface area contributed by atoms with E-state index in [1.54, 1.807) is 28.8 Å². The Morgan fingerprint density at radius 2 is 1.75 bits per heavy atom. The number of amides is 1. The zero-order valence-electron chi connectivity index (χ0n) is 20.1. The Hall–Kier alpha value is -3.48. The summed E-state index contributed by atoms with van der Waals surface area (Å²) in [6, 6.07) is 15.6. The quantitative estimate of drug-likeness (QED) is 0.302. The number of benzene rings is 2. The molecule has 0 saturated heterocycles. The van der Waals surface area contributed by atoms with Gasteiger partial charge in [-0.25, -0.2) is 13.1 Å². The fraction of sp³-hybridized carbons (Fsp3) is 0.250. The maximum atomic E-state index is 12.5. The predicted octanol–water partition coefficient (Wildman–Crippen LogP) is 3.00. The van der Waals surface area contributed by atoms with Crippen molar-refractivity contribution in [2.24, 2.45) is 0 Å². The van der Waals surface area contributed by atoms with Gasteiger partial charge in [-0.05, 0) is 73.5 Å². The first-order valence-corrected chi connectivity index (χ1v) is 13.6. The summed E-state index contributed by atoms with van der Waals surface area (Å²) in [4.78, 5) is 12.6. The van der Waals surface area contributed by atoms with Crippen LogP contribution in [-0.2, 0) is 21.2 Å². The first kappa shape index (κ1) is 25.6. The number of carbonyl (C=O) groups excluding carboxylic acids is 1. The Morgan fingerprint density at radius 1 is 1.03 bits per heavy atom. The molecule has 2 aromatic carbocycles. The molecule has 10 nitrogen and oxygen atoms in total. The molecule has 0 fully saturated rings. The molecule has 2 aromatic heterocycles. The summed E-state index contributed by atoms with van der Waals surface area (Å²) in [6.45, 7) is 4.08. The van der Waals surface area contributed by atoms with Gasteiger partial charge in [0.15, 0.2) is 11.5 Å². The lowest BCUT2D eigenvalue weighted by Gasteiger charge is -2.08. The van der Waals surface area contributed by atoms with Gasteiger partial charge in [0.05, 0.1) is 17.8 Å². The van der Waals surface area contributed by atoms with Crippen LogP contribution in [0.4, 0.5) is 5.69 Å². The second-order valence-corrected chi connectivity index (χ2v) is 10.9. The molecule has 4 aromatic rings. The van der Waals surface area contributed by atoms with Gasteiger partial charge in [-0.15, -0.1) is 10.2 Å². The number of aryl methyl sites for hydroxylation is 2. The Morgan fingerprint density at radius 3 is 2.44 bits per heavy atom. The molecule has 0 aliphatic carbocycles. The van der Waals surface area contributed by atoms with E-state index in [2.05, 4.69) is 25.3 Å². The van der Waals surface area contributed by atoms with Crippen molar-refractivity contribution in [3.63, 3.8) is 0 Å². The molecule has 12 heteroatoms. The summed E-state index contributed by atoms with van der Waals surface area (Å²) < 4.78 is 34.3. The molecule has 0 radical (unpaired) electrons. The fourth-order valence-electron chi connectivity index (χ4n) is 3.57. The topological polar surface area (TPSA) is 128 Å². The molecular formula is C24H26N6O4S2. The number of aromatic nitrogens is 4. The SMILES string of the molecule is COc1ccc(S(=O)(=O)NCCc2nnc3ccc(SCC(=O)Nc4cc(C)cc(C)c4)nn23)cc1. The van der Waals surface area contributed by atoms with Gasteiger partial charge in [-0.3, -0.25) is 4.79 Å². The van der Waals surface area contributed by atoms with E-state index in [1.165, 1.54) is 31.0 Å². The molecule has 2 N–H and O–H groups in total. The van der Waals surface area contributed by atoms with Gasteiger partial charge < -0.3 is 10.1 Å². The molecule has 0 aliphatic rings. The Kier molecular flexibility index (Phi) is 7.87. The number of methoxy groups -OCH3 is 1. The van der Waals surface area contributed by atoms with Crippen molar-refractivity contribution >= 4 is 39.0 Å². The smallest absolute Gasteiger partial charge is 0.240 e. The normalized spacial score (nSPS) is 11.5. The first-order chi connectivity index (χ1) is 17.2. The number of sulfonamides is 1. The average molecular weight is 527 g/mol. The van der Waals surface area contributed by atoms with E-state index < -0.39 is 10.0 Å². The minimum absolute atomic E-state index is 0.118. The van der Waals surface area contributed by atoms with E-state index in [0.717, 1.165) is 16.8 Å². The third-order valence-corrected chi connectivity index (χ3v) is 7.57. The molecule has 0 unspecified atom stereocenters. The Balaban J connectivity index is 1.36. The van der Waals surface area contributed by atoms with Gasteiger partial charge in [0.2, 0.25) is 15.9 Å². The van der Waals surface area contributed by atoms with Gasteiger partial charge in [0.25, 0.3) is 0 Å². The molecule has 0 aliphatic heterocycles. The summed E-state index contributed by atoms with van der Waals surface area (Å²) in [5.41, 5.74) is 3.46. The maximum Gasteiger partial charge on any atom is 0.240 e. The van der Waals surface area contributed by atoms with Crippen molar-refractivity contribution < 1.29 is 17.9 Å². The summed E-state index contributed by atoms with van der Waals surface area (Å²) in [5.74, 6) is 1.13. The second-order valence-electron chi connectivity index (χ2n) is 8.09. The molecule has 0 saturated carbocycles. The maximum absolute atomic E-state index is 12.5. The molecular weight excluding hydrogens is 500 g/mol. The van der Waals surface area contributed by atoms with Crippen LogP contribution < -0.4 is 14.8 Å². The Bertz CT molecular complexity index is 1470. The highest BCUT2D eigenvalue weighted by atomic mass is 32.2. The van der Waals surface area contributed by atoms with Crippen LogP contribution in [0.3, 0.4) is 0 Å². The summed E-state index contributed by atoms with van der Waals surface area (Å²) in [7, 11) is -2.16. The molecule has 0 bridgehead atoms. The van der Waals surface area contributed by atoms with Gasteiger partial charge in [0.1, 0.15) is 10.8 Å². The number of hydrogen-bond acceptors (Lipinski definition) is 8. The summed E-state index contributed by atoms with van der Waals surface area (Å²) >= 11 is 1.29. The molecule has 1 amide bonds. The van der Waals surface area contributed by atoms with Gasteiger partial charge >= 0.3 is 0 Å². The van der Waals surface area contributed by atoms with Crippen LogP contribution in [0.1, 0.15) is 17.0 Å². The molecule has 188 valence electrons. The van der Waals surface area contributed by atoms with Crippen LogP contribution in [0.15, 0.2) is 64.5 Å². The van der Waals surface area contributed by atoms with Gasteiger partial charge in [-0.2, -0.15) is 9.61 Å². The van der Waals surface area contributed by atoms with Crippen LogP contribution in [0.2, 0.25) is 0 Å². The number of carbonyl (C=O) groups is 1. The largest absolute Gasteiger partial charge is 0.497 e. The molecule has 0 spiro atoms. The summed E-state index contributed by atoms with van der Waals surface area (Å²) in [5, 5.41) is 16.3. The van der Waals surface area contributed by atoms with Crippen LogP contribution in [-0.4, -0.2) is 53.5 Å². The van der Waals surface area contributed by atoms with E-state index >= 15 is 0 Å². The highest BCUT2D eigenvalue weighted by molar-refractivity contribution is 7.99. The second kappa shape index (κ2) is 11.1. The highest BCUT2D eigenvalue weighted by Gasteiger charge is 2.15. The first-order valence-electron chi connectivity index (χ1n) is 11.1. The number of rotatable bonds is 10. The minimum Gasteiger partial charge on any atom is -0.497 e. The zero-order chi connectivity index (χ0) is 25.7. The van der Waals surface area contributed by atoms with E-state index in [1.807, 2.05) is 32.0 Å². The van der Waals surface area contributed by atoms with Gasteiger partial charge in [-0.1, -0.05) is 17.8 Å². The zero-order valence-corrected chi connectivity index (χ0v) is 21.7. The average Bonchev–Trinajstić information content (AvgIpc) is 3.24. The lowest BCUT2D eigenvalue weighted by molar-refractivity contribution is -0.113. The third kappa shape index (κ3) is 6.39. The lowest BCUT2D eigenvalue weighted by Crippen LogP contribution is -2.26. The van der Waals surface area contributed by atoms with E-state index in [-0.39, 0.29) is 29.5 Å². The van der Waals surface area contributed by atoms with Crippen molar-refractivity contribution in [1.29, 1.82) is 0 Å². The van der Waals surface area contributed by atoms with Crippen molar-refractivity contribution in [2.75, 3.05) is 24.7 Å². The number of ether oxygens (including phenoxy) is 1. The van der Waals surface area contributed by atoms with E-state index in [0.29, 0.717) is 22.2 Å². The van der Waals surface area contributed by atoms with Crippen molar-refractivity contribution in [2.45, 2.75) is 30.2 Å². The monoisotopic (exact) mass is 526 g/mol. The molecule has 0 atom stereocenters. The third-order valence-electron chi connectivity index (χ3n) is 5.17. The number of thioether (sulfide) groups is 1. The number of nitrogens with one attached hydrogen (secondary N) is 2. The number of nitrogens with zero attached hydrogens (tertiary/aromatic N) is 4. The van der Waals surface area contributed by atoms with Crippen LogP contribution in [0.25, 0.3) is 5.65 Å². The van der Waals surface area contributed by atoms with Crippen molar-refractivity contribution in [1.82, 2.24) is 24.5 Å². The molecule has 2 heterocycles.